The molecule has 1 fully saturated rings. The van der Waals surface area contributed by atoms with Gasteiger partial charge in [-0.3, -0.25) is 14.9 Å². The highest BCUT2D eigenvalue weighted by atomic mass is 16.6. The van der Waals surface area contributed by atoms with Gasteiger partial charge < -0.3 is 10.6 Å². The Morgan fingerprint density at radius 2 is 2.15 bits per heavy atom. The van der Waals surface area contributed by atoms with Gasteiger partial charge in [0.05, 0.1) is 10.5 Å². The van der Waals surface area contributed by atoms with Crippen LogP contribution in [0.4, 0.5) is 11.4 Å². The number of para-hydroxylation sites is 1. The Bertz CT molecular complexity index is 526. The zero-order chi connectivity index (χ0) is 14.7. The third-order valence-corrected chi connectivity index (χ3v) is 3.95. The van der Waals surface area contributed by atoms with Crippen molar-refractivity contribution in [3.63, 3.8) is 0 Å². The zero-order valence-corrected chi connectivity index (χ0v) is 11.7. The van der Waals surface area contributed by atoms with Crippen molar-refractivity contribution in [2.45, 2.75) is 32.2 Å². The van der Waals surface area contributed by atoms with Crippen LogP contribution in [0.3, 0.4) is 0 Å². The summed E-state index contributed by atoms with van der Waals surface area (Å²) in [5.41, 5.74) is 0.486. The smallest absolute Gasteiger partial charge is 0.293 e. The van der Waals surface area contributed by atoms with Crippen LogP contribution in [-0.2, 0) is 0 Å². The Balaban J connectivity index is 2.20. The topological polar surface area (TPSA) is 84.3 Å². The lowest BCUT2D eigenvalue weighted by Gasteiger charge is -2.32. The fourth-order valence-electron chi connectivity index (χ4n) is 2.49. The third kappa shape index (κ3) is 2.74. The summed E-state index contributed by atoms with van der Waals surface area (Å²) in [6.45, 7) is 1.98. The van der Waals surface area contributed by atoms with Crippen LogP contribution in [0.5, 0.6) is 0 Å². The molecule has 1 aliphatic carbocycles. The normalized spacial score (nSPS) is 16.1. The van der Waals surface area contributed by atoms with Crippen LogP contribution in [0.2, 0.25) is 0 Å². The maximum Gasteiger partial charge on any atom is 0.293 e. The number of nitro groups is 1. The van der Waals surface area contributed by atoms with Gasteiger partial charge in [0.15, 0.2) is 0 Å². The van der Waals surface area contributed by atoms with Gasteiger partial charge in [-0.1, -0.05) is 12.5 Å². The fourth-order valence-corrected chi connectivity index (χ4v) is 2.49. The molecular formula is C14H19N3O3. The standard InChI is InChI=1S/C14H19N3O3/c1-9(10-5-3-6-10)16-14(18)11-7-4-8-12(17(19)20)13(11)15-2/h4,7-10,15H,3,5-6H2,1-2H3,(H,16,18). The number of hydrogen-bond acceptors (Lipinski definition) is 4. The molecule has 0 aliphatic heterocycles. The number of nitrogens with one attached hydrogen (secondary N) is 2. The van der Waals surface area contributed by atoms with E-state index >= 15 is 0 Å². The highest BCUT2D eigenvalue weighted by Gasteiger charge is 2.27. The number of carbonyl (C=O) groups is 1. The molecule has 0 spiro atoms. The molecule has 1 unspecified atom stereocenters. The Morgan fingerprint density at radius 3 is 2.65 bits per heavy atom. The molecule has 1 saturated carbocycles. The summed E-state index contributed by atoms with van der Waals surface area (Å²) in [6, 6.07) is 4.61. The summed E-state index contributed by atoms with van der Waals surface area (Å²) >= 11 is 0. The minimum atomic E-state index is -0.488. The van der Waals surface area contributed by atoms with Gasteiger partial charge >= 0.3 is 0 Å². The molecule has 6 heteroatoms. The van der Waals surface area contributed by atoms with E-state index in [0.29, 0.717) is 11.5 Å². The molecular weight excluding hydrogens is 258 g/mol. The lowest BCUT2D eigenvalue weighted by molar-refractivity contribution is -0.384. The average Bonchev–Trinajstić information content (AvgIpc) is 2.35. The quantitative estimate of drug-likeness (QED) is 0.640. The molecule has 0 saturated heterocycles. The van der Waals surface area contributed by atoms with Gasteiger partial charge in [-0.25, -0.2) is 0 Å². The first-order valence-electron chi connectivity index (χ1n) is 6.80. The molecule has 2 N–H and O–H groups in total. The maximum absolute atomic E-state index is 12.3. The van der Waals surface area contributed by atoms with E-state index in [1.807, 2.05) is 6.92 Å². The number of nitrogens with zero attached hydrogens (tertiary/aromatic N) is 1. The number of anilines is 1. The summed E-state index contributed by atoms with van der Waals surface area (Å²) in [4.78, 5) is 22.8. The maximum atomic E-state index is 12.3. The molecule has 0 heterocycles. The molecule has 1 amide bonds. The molecule has 20 heavy (non-hydrogen) atoms. The third-order valence-electron chi connectivity index (χ3n) is 3.95. The molecule has 1 atom stereocenters. The number of carbonyl (C=O) groups excluding carboxylic acids is 1. The van der Waals surface area contributed by atoms with E-state index in [-0.39, 0.29) is 23.3 Å². The van der Waals surface area contributed by atoms with Crippen molar-refractivity contribution in [1.29, 1.82) is 0 Å². The van der Waals surface area contributed by atoms with Gasteiger partial charge in [-0.15, -0.1) is 0 Å². The van der Waals surface area contributed by atoms with Crippen molar-refractivity contribution in [2.75, 3.05) is 12.4 Å². The highest BCUT2D eigenvalue weighted by Crippen LogP contribution is 2.31. The lowest BCUT2D eigenvalue weighted by atomic mass is 9.80. The second-order valence-corrected chi connectivity index (χ2v) is 5.16. The van der Waals surface area contributed by atoms with Gasteiger partial charge in [0.1, 0.15) is 5.69 Å². The molecule has 0 radical (unpaired) electrons. The Hall–Kier alpha value is -2.11. The van der Waals surface area contributed by atoms with Crippen LogP contribution in [0.15, 0.2) is 18.2 Å². The molecule has 1 aromatic rings. The fraction of sp³-hybridized carbons (Fsp3) is 0.500. The van der Waals surface area contributed by atoms with E-state index in [1.54, 1.807) is 13.1 Å². The van der Waals surface area contributed by atoms with Crippen LogP contribution in [0, 0.1) is 16.0 Å². The zero-order valence-electron chi connectivity index (χ0n) is 11.7. The minimum Gasteiger partial charge on any atom is -0.382 e. The summed E-state index contributed by atoms with van der Waals surface area (Å²) in [5.74, 6) is 0.258. The lowest BCUT2D eigenvalue weighted by Crippen LogP contribution is -2.40. The molecule has 108 valence electrons. The second kappa shape index (κ2) is 5.90. The first-order valence-corrected chi connectivity index (χ1v) is 6.80. The molecule has 1 aliphatic rings. The molecule has 2 rings (SSSR count). The van der Waals surface area contributed by atoms with Crippen LogP contribution >= 0.6 is 0 Å². The number of hydrogen-bond donors (Lipinski definition) is 2. The van der Waals surface area contributed by atoms with Gasteiger partial charge in [0, 0.05) is 19.2 Å². The predicted octanol–water partition coefficient (Wildman–Crippen LogP) is 2.55. The van der Waals surface area contributed by atoms with E-state index in [0.717, 1.165) is 12.8 Å². The van der Waals surface area contributed by atoms with Crippen LogP contribution in [0.1, 0.15) is 36.5 Å². The van der Waals surface area contributed by atoms with Gasteiger partial charge in [-0.05, 0) is 31.7 Å². The number of nitro benzene ring substituents is 1. The van der Waals surface area contributed by atoms with Crippen molar-refractivity contribution in [3.8, 4) is 0 Å². The van der Waals surface area contributed by atoms with E-state index in [4.69, 9.17) is 0 Å². The summed E-state index contributed by atoms with van der Waals surface area (Å²) in [7, 11) is 1.58. The predicted molar refractivity (Wildman–Crippen MR) is 76.9 cm³/mol. The van der Waals surface area contributed by atoms with E-state index in [1.165, 1.54) is 18.6 Å². The first kappa shape index (κ1) is 14.3. The van der Waals surface area contributed by atoms with E-state index in [9.17, 15) is 14.9 Å². The van der Waals surface area contributed by atoms with Crippen LogP contribution in [0.25, 0.3) is 0 Å². The number of rotatable bonds is 5. The van der Waals surface area contributed by atoms with Crippen molar-refractivity contribution in [1.82, 2.24) is 5.32 Å². The minimum absolute atomic E-state index is 0.0866. The molecule has 1 aromatic carbocycles. The number of amides is 1. The summed E-state index contributed by atoms with van der Waals surface area (Å²) in [5, 5.41) is 16.7. The van der Waals surface area contributed by atoms with E-state index in [2.05, 4.69) is 10.6 Å². The SMILES string of the molecule is CNc1c(C(=O)NC(C)C2CCC2)cccc1[N+](=O)[O-]. The van der Waals surface area contributed by atoms with Crippen LogP contribution < -0.4 is 10.6 Å². The molecule has 6 nitrogen and oxygen atoms in total. The summed E-state index contributed by atoms with van der Waals surface area (Å²) in [6.07, 6.45) is 3.48. The van der Waals surface area contributed by atoms with Gasteiger partial charge in [-0.2, -0.15) is 0 Å². The van der Waals surface area contributed by atoms with Gasteiger partial charge in [0.25, 0.3) is 11.6 Å². The second-order valence-electron chi connectivity index (χ2n) is 5.16. The average molecular weight is 277 g/mol. The van der Waals surface area contributed by atoms with Gasteiger partial charge in [0.2, 0.25) is 0 Å². The highest BCUT2D eigenvalue weighted by molar-refractivity contribution is 6.01. The Labute approximate surface area is 117 Å². The van der Waals surface area contributed by atoms with Crippen molar-refractivity contribution < 1.29 is 9.72 Å². The summed E-state index contributed by atoms with van der Waals surface area (Å²) < 4.78 is 0. The van der Waals surface area contributed by atoms with E-state index < -0.39 is 4.92 Å². The monoisotopic (exact) mass is 277 g/mol. The molecule has 0 bridgehead atoms. The Kier molecular flexibility index (Phi) is 4.22. The van der Waals surface area contributed by atoms with Crippen molar-refractivity contribution >= 4 is 17.3 Å². The molecule has 0 aromatic heterocycles. The first-order chi connectivity index (χ1) is 9.54. The van der Waals surface area contributed by atoms with Crippen LogP contribution in [-0.4, -0.2) is 23.9 Å². The largest absolute Gasteiger partial charge is 0.382 e. The number of benzene rings is 1. The Morgan fingerprint density at radius 1 is 1.45 bits per heavy atom. The van der Waals surface area contributed by atoms with Crippen molar-refractivity contribution in [3.05, 3.63) is 33.9 Å². The van der Waals surface area contributed by atoms with Crippen molar-refractivity contribution in [2.24, 2.45) is 5.92 Å².